The number of carbonyl (C=O) groups is 1. The van der Waals surface area contributed by atoms with Gasteiger partial charge in [-0.05, 0) is 6.07 Å². The molecule has 0 fully saturated rings. The minimum absolute atomic E-state index is 0.0294. The topological polar surface area (TPSA) is 64.4 Å². The third-order valence-corrected chi connectivity index (χ3v) is 4.29. The molecule has 2 aromatic heterocycles. The van der Waals surface area contributed by atoms with Crippen molar-refractivity contribution in [2.75, 3.05) is 7.11 Å². The van der Waals surface area contributed by atoms with Crippen molar-refractivity contribution in [1.29, 1.82) is 0 Å². The minimum Gasteiger partial charge on any atom is -0.506 e. The zero-order valence-electron chi connectivity index (χ0n) is 10.6. The van der Waals surface area contributed by atoms with Crippen LogP contribution in [0.5, 0.6) is 5.75 Å². The number of fused-ring (bicyclic) bond motifs is 1. The number of esters is 1. The quantitative estimate of drug-likeness (QED) is 0.733. The van der Waals surface area contributed by atoms with Gasteiger partial charge in [-0.15, -0.1) is 11.3 Å². The number of ether oxygens (including phenoxy) is 1. The molecule has 0 saturated carbocycles. The summed E-state index contributed by atoms with van der Waals surface area (Å²) in [5.74, 6) is -1.37. The second-order valence-corrected chi connectivity index (χ2v) is 5.60. The molecule has 0 aliphatic heterocycles. The molecular weight excluding hydrogens is 319 g/mol. The summed E-state index contributed by atoms with van der Waals surface area (Å²) in [5.41, 5.74) is 0.989. The van der Waals surface area contributed by atoms with Crippen LogP contribution in [0.4, 0.5) is 4.39 Å². The number of hydrogen-bond acceptors (Lipinski definition) is 5. The fourth-order valence-electron chi connectivity index (χ4n) is 1.91. The van der Waals surface area contributed by atoms with Crippen LogP contribution in [0.3, 0.4) is 0 Å². The van der Waals surface area contributed by atoms with Gasteiger partial charge in [-0.3, -0.25) is 4.57 Å². The van der Waals surface area contributed by atoms with Crippen molar-refractivity contribution in [2.45, 2.75) is 0 Å². The molecule has 2 heterocycles. The lowest BCUT2D eigenvalue weighted by Gasteiger charge is -2.00. The van der Waals surface area contributed by atoms with Crippen LogP contribution in [0.15, 0.2) is 24.5 Å². The highest BCUT2D eigenvalue weighted by Gasteiger charge is 2.18. The number of nitrogens with zero attached hydrogens (tertiary/aromatic N) is 2. The molecular formula is C13H8ClFN2O3S. The van der Waals surface area contributed by atoms with E-state index in [4.69, 9.17) is 11.6 Å². The van der Waals surface area contributed by atoms with Crippen molar-refractivity contribution in [3.63, 3.8) is 0 Å². The van der Waals surface area contributed by atoms with E-state index in [1.807, 2.05) is 0 Å². The van der Waals surface area contributed by atoms with Crippen LogP contribution in [0.1, 0.15) is 9.67 Å². The van der Waals surface area contributed by atoms with E-state index in [-0.39, 0.29) is 15.6 Å². The van der Waals surface area contributed by atoms with E-state index in [0.29, 0.717) is 16.0 Å². The van der Waals surface area contributed by atoms with Crippen molar-refractivity contribution >= 4 is 39.9 Å². The summed E-state index contributed by atoms with van der Waals surface area (Å²) >= 11 is 6.81. The predicted molar refractivity (Wildman–Crippen MR) is 76.9 cm³/mol. The average molecular weight is 327 g/mol. The van der Waals surface area contributed by atoms with Crippen molar-refractivity contribution in [3.8, 4) is 10.8 Å². The number of methoxy groups -OCH3 is 1. The van der Waals surface area contributed by atoms with E-state index in [0.717, 1.165) is 11.3 Å². The molecule has 1 N–H and O–H groups in total. The fraction of sp³-hybridized carbons (Fsp3) is 0.0769. The molecule has 0 spiro atoms. The summed E-state index contributed by atoms with van der Waals surface area (Å²) in [6.45, 7) is 0. The first-order chi connectivity index (χ1) is 10.0. The maximum atomic E-state index is 13.4. The number of imidazole rings is 1. The normalized spacial score (nSPS) is 11.0. The van der Waals surface area contributed by atoms with Crippen molar-refractivity contribution in [3.05, 3.63) is 40.2 Å². The lowest BCUT2D eigenvalue weighted by atomic mass is 10.3. The first-order valence-corrected chi connectivity index (χ1v) is 6.94. The molecule has 0 atom stereocenters. The van der Waals surface area contributed by atoms with Crippen LogP contribution < -0.4 is 0 Å². The lowest BCUT2D eigenvalue weighted by molar-refractivity contribution is 0.0603. The average Bonchev–Trinajstić information content (AvgIpc) is 3.02. The molecule has 3 aromatic rings. The second-order valence-electron chi connectivity index (χ2n) is 4.16. The largest absolute Gasteiger partial charge is 0.506 e. The molecule has 108 valence electrons. The third-order valence-electron chi connectivity index (χ3n) is 2.90. The number of hydrogen-bond donors (Lipinski definition) is 1. The predicted octanol–water partition coefficient (Wildman–Crippen LogP) is 3.37. The molecule has 0 bridgehead atoms. The third kappa shape index (κ3) is 2.24. The Hall–Kier alpha value is -2.12. The van der Waals surface area contributed by atoms with Crippen molar-refractivity contribution in [2.24, 2.45) is 0 Å². The van der Waals surface area contributed by atoms with E-state index in [1.54, 1.807) is 4.57 Å². The summed E-state index contributed by atoms with van der Waals surface area (Å²) in [5, 5.41) is 10.3. The molecule has 8 heteroatoms. The van der Waals surface area contributed by atoms with Crippen LogP contribution in [-0.4, -0.2) is 27.7 Å². The summed E-state index contributed by atoms with van der Waals surface area (Å²) in [7, 11) is 1.23. The highest BCUT2D eigenvalue weighted by molar-refractivity contribution is 7.16. The number of aromatic nitrogens is 2. The standard InChI is InChI=1S/C13H8ClFN2O3S/c1-20-13(19)12-10(18)4-11(21-12)17-5-16-8-3-7(15)6(14)2-9(8)17/h2-5,18H,1H3. The zero-order valence-corrected chi connectivity index (χ0v) is 12.2. The Kier molecular flexibility index (Phi) is 3.30. The first kappa shape index (κ1) is 13.8. The number of aromatic hydroxyl groups is 1. The molecule has 21 heavy (non-hydrogen) atoms. The maximum Gasteiger partial charge on any atom is 0.351 e. The van der Waals surface area contributed by atoms with Gasteiger partial charge in [-0.2, -0.15) is 0 Å². The van der Waals surface area contributed by atoms with Gasteiger partial charge >= 0.3 is 5.97 Å². The number of benzene rings is 1. The van der Waals surface area contributed by atoms with Gasteiger partial charge in [-0.1, -0.05) is 11.6 Å². The van der Waals surface area contributed by atoms with Crippen molar-refractivity contribution in [1.82, 2.24) is 9.55 Å². The Bertz CT molecular complexity index is 859. The number of halogens is 2. The van der Waals surface area contributed by atoms with Gasteiger partial charge in [0.1, 0.15) is 22.9 Å². The maximum absolute atomic E-state index is 13.4. The molecule has 0 radical (unpaired) electrons. The van der Waals surface area contributed by atoms with E-state index in [1.165, 1.54) is 31.6 Å². The number of carbonyl (C=O) groups excluding carboxylic acids is 1. The summed E-state index contributed by atoms with van der Waals surface area (Å²) in [4.78, 5) is 15.7. The van der Waals surface area contributed by atoms with Gasteiger partial charge in [-0.25, -0.2) is 14.2 Å². The van der Waals surface area contributed by atoms with Crippen LogP contribution >= 0.6 is 22.9 Å². The second kappa shape index (κ2) is 5.01. The van der Waals surface area contributed by atoms with Crippen molar-refractivity contribution < 1.29 is 19.0 Å². The number of thiophene rings is 1. The van der Waals surface area contributed by atoms with Gasteiger partial charge in [0.25, 0.3) is 0 Å². The smallest absolute Gasteiger partial charge is 0.351 e. The zero-order chi connectivity index (χ0) is 15.1. The highest BCUT2D eigenvalue weighted by atomic mass is 35.5. The lowest BCUT2D eigenvalue weighted by Crippen LogP contribution is -1.97. The monoisotopic (exact) mass is 326 g/mol. The molecule has 0 unspecified atom stereocenters. The van der Waals surface area contributed by atoms with E-state index >= 15 is 0 Å². The van der Waals surface area contributed by atoms with Gasteiger partial charge in [0.15, 0.2) is 4.88 Å². The molecule has 5 nitrogen and oxygen atoms in total. The Morgan fingerprint density at radius 2 is 2.24 bits per heavy atom. The van der Waals surface area contributed by atoms with Gasteiger partial charge in [0.2, 0.25) is 0 Å². The Morgan fingerprint density at radius 1 is 1.48 bits per heavy atom. The highest BCUT2D eigenvalue weighted by Crippen LogP contribution is 2.34. The van der Waals surface area contributed by atoms with E-state index in [9.17, 15) is 14.3 Å². The fourth-order valence-corrected chi connectivity index (χ4v) is 3.02. The SMILES string of the molecule is COC(=O)c1sc(-n2cnc3cc(F)c(Cl)cc32)cc1O. The number of rotatable bonds is 2. The minimum atomic E-state index is -0.628. The van der Waals surface area contributed by atoms with Crippen LogP contribution in [0, 0.1) is 5.82 Å². The van der Waals surface area contributed by atoms with Crippen LogP contribution in [0.2, 0.25) is 5.02 Å². The van der Waals surface area contributed by atoms with Gasteiger partial charge in [0.05, 0.1) is 23.2 Å². The Morgan fingerprint density at radius 3 is 2.95 bits per heavy atom. The first-order valence-electron chi connectivity index (χ1n) is 5.75. The molecule has 0 aliphatic carbocycles. The summed E-state index contributed by atoms with van der Waals surface area (Å²) in [6, 6.07) is 4.08. The molecule has 0 amide bonds. The summed E-state index contributed by atoms with van der Waals surface area (Å²) in [6.07, 6.45) is 1.47. The molecule has 1 aromatic carbocycles. The summed E-state index contributed by atoms with van der Waals surface area (Å²) < 4.78 is 19.6. The molecule has 3 rings (SSSR count). The van der Waals surface area contributed by atoms with Gasteiger partial charge < -0.3 is 9.84 Å². The van der Waals surface area contributed by atoms with Crippen LogP contribution in [0.25, 0.3) is 16.0 Å². The molecule has 0 aliphatic rings. The van der Waals surface area contributed by atoms with E-state index in [2.05, 4.69) is 9.72 Å². The van der Waals surface area contributed by atoms with Gasteiger partial charge in [0, 0.05) is 12.1 Å². The van der Waals surface area contributed by atoms with Crippen LogP contribution in [-0.2, 0) is 4.74 Å². The van der Waals surface area contributed by atoms with E-state index < -0.39 is 11.8 Å². The molecule has 0 saturated heterocycles. The Labute approximate surface area is 127 Å². The Balaban J connectivity index is 2.17.